The van der Waals surface area contributed by atoms with Gasteiger partial charge in [0, 0.05) is 23.6 Å². The fraction of sp³-hybridized carbons (Fsp3) is 0.562. The Morgan fingerprint density at radius 3 is 2.45 bits per heavy atom. The van der Waals surface area contributed by atoms with Crippen molar-refractivity contribution in [1.82, 2.24) is 4.90 Å². The zero-order valence-corrected chi connectivity index (χ0v) is 13.3. The average Bonchev–Trinajstić information content (AvgIpc) is 3.01. The normalized spacial score (nSPS) is 21.1. The van der Waals surface area contributed by atoms with Crippen molar-refractivity contribution in [3.05, 3.63) is 28.2 Å². The molecular weight excluding hydrogens is 314 g/mol. The van der Waals surface area contributed by atoms with Crippen LogP contribution in [0.1, 0.15) is 31.2 Å². The van der Waals surface area contributed by atoms with Gasteiger partial charge < -0.3 is 9.80 Å². The van der Waals surface area contributed by atoms with Gasteiger partial charge in [-0.3, -0.25) is 0 Å². The van der Waals surface area contributed by atoms with Gasteiger partial charge in [-0.1, -0.05) is 6.07 Å². The minimum Gasteiger partial charge on any atom is -0.370 e. The topological polar surface area (TPSA) is 30.3 Å². The number of anilines is 1. The number of nitriles is 1. The molecule has 0 unspecified atom stereocenters. The van der Waals surface area contributed by atoms with Crippen LogP contribution in [0.15, 0.2) is 22.7 Å². The molecular formula is C16H20BrN3. The van der Waals surface area contributed by atoms with Crippen molar-refractivity contribution in [2.45, 2.75) is 31.7 Å². The summed E-state index contributed by atoms with van der Waals surface area (Å²) >= 11 is 3.48. The maximum Gasteiger partial charge on any atom is 0.103 e. The highest BCUT2D eigenvalue weighted by Crippen LogP contribution is 2.30. The van der Waals surface area contributed by atoms with Gasteiger partial charge in [-0.25, -0.2) is 0 Å². The number of hydrogen-bond donors (Lipinski definition) is 0. The monoisotopic (exact) mass is 333 g/mol. The van der Waals surface area contributed by atoms with E-state index in [1.165, 1.54) is 38.8 Å². The Morgan fingerprint density at radius 1 is 1.10 bits per heavy atom. The molecule has 106 valence electrons. The molecule has 0 bridgehead atoms. The highest BCUT2D eigenvalue weighted by molar-refractivity contribution is 9.10. The van der Waals surface area contributed by atoms with Gasteiger partial charge in [-0.15, -0.1) is 0 Å². The first-order valence-electron chi connectivity index (χ1n) is 7.47. The van der Waals surface area contributed by atoms with Crippen LogP contribution < -0.4 is 4.90 Å². The summed E-state index contributed by atoms with van der Waals surface area (Å²) in [5.41, 5.74) is 1.86. The van der Waals surface area contributed by atoms with Crippen molar-refractivity contribution in [2.75, 3.05) is 31.1 Å². The SMILES string of the molecule is N#Cc1c(Br)cccc1N1CCC(N2CCCC2)CC1. The van der Waals surface area contributed by atoms with Gasteiger partial charge in [0.2, 0.25) is 0 Å². The predicted octanol–water partition coefficient (Wildman–Crippen LogP) is 3.39. The summed E-state index contributed by atoms with van der Waals surface area (Å²) in [7, 11) is 0. The molecule has 0 aromatic heterocycles. The lowest BCUT2D eigenvalue weighted by molar-refractivity contribution is 0.208. The molecule has 0 atom stereocenters. The van der Waals surface area contributed by atoms with Crippen LogP contribution in [0.2, 0.25) is 0 Å². The van der Waals surface area contributed by atoms with E-state index < -0.39 is 0 Å². The van der Waals surface area contributed by atoms with Crippen molar-refractivity contribution >= 4 is 21.6 Å². The molecule has 2 saturated heterocycles. The van der Waals surface area contributed by atoms with E-state index in [0.29, 0.717) is 0 Å². The highest BCUT2D eigenvalue weighted by Gasteiger charge is 2.27. The standard InChI is InChI=1S/C16H20BrN3/c17-15-4-3-5-16(14(15)12-18)20-10-6-13(7-11-20)19-8-1-2-9-19/h3-5,13H,1-2,6-11H2. The Morgan fingerprint density at radius 2 is 1.80 bits per heavy atom. The summed E-state index contributed by atoms with van der Waals surface area (Å²) < 4.78 is 0.902. The number of hydrogen-bond acceptors (Lipinski definition) is 3. The van der Waals surface area contributed by atoms with Gasteiger partial charge in [-0.2, -0.15) is 5.26 Å². The molecule has 1 aromatic carbocycles. The van der Waals surface area contributed by atoms with Crippen LogP contribution in [-0.2, 0) is 0 Å². The van der Waals surface area contributed by atoms with E-state index in [9.17, 15) is 5.26 Å². The third-order valence-corrected chi connectivity index (χ3v) is 5.23. The van der Waals surface area contributed by atoms with Crippen LogP contribution in [0.3, 0.4) is 0 Å². The zero-order valence-electron chi connectivity index (χ0n) is 11.7. The second-order valence-corrected chi connectivity index (χ2v) is 6.56. The maximum absolute atomic E-state index is 9.34. The number of rotatable bonds is 2. The van der Waals surface area contributed by atoms with Crippen LogP contribution in [0.5, 0.6) is 0 Å². The molecule has 3 nitrogen and oxygen atoms in total. The summed E-state index contributed by atoms with van der Waals surface area (Å²) in [6.07, 6.45) is 5.17. The Labute approximate surface area is 129 Å². The minimum absolute atomic E-state index is 0.756. The van der Waals surface area contributed by atoms with Gasteiger partial charge in [-0.05, 0) is 66.8 Å². The van der Waals surface area contributed by atoms with Gasteiger partial charge in [0.25, 0.3) is 0 Å². The molecule has 3 rings (SSSR count). The van der Waals surface area contributed by atoms with E-state index in [1.54, 1.807) is 0 Å². The Bertz CT molecular complexity index is 509. The number of nitrogens with zero attached hydrogens (tertiary/aromatic N) is 3. The van der Waals surface area contributed by atoms with Gasteiger partial charge in [0.05, 0.1) is 11.3 Å². The first kappa shape index (κ1) is 13.9. The quantitative estimate of drug-likeness (QED) is 0.831. The smallest absolute Gasteiger partial charge is 0.103 e. The van der Waals surface area contributed by atoms with E-state index in [-0.39, 0.29) is 0 Å². The highest BCUT2D eigenvalue weighted by atomic mass is 79.9. The minimum atomic E-state index is 0.756. The largest absolute Gasteiger partial charge is 0.370 e. The van der Waals surface area contributed by atoms with E-state index >= 15 is 0 Å². The summed E-state index contributed by atoms with van der Waals surface area (Å²) in [6.45, 7) is 4.69. The average molecular weight is 334 g/mol. The Kier molecular flexibility index (Phi) is 4.28. The first-order chi connectivity index (χ1) is 9.79. The van der Waals surface area contributed by atoms with Crippen LogP contribution in [0.4, 0.5) is 5.69 Å². The Balaban J connectivity index is 1.69. The van der Waals surface area contributed by atoms with Crippen LogP contribution in [-0.4, -0.2) is 37.1 Å². The first-order valence-corrected chi connectivity index (χ1v) is 8.26. The third kappa shape index (κ3) is 2.70. The molecule has 0 spiro atoms. The molecule has 4 heteroatoms. The molecule has 2 aliphatic heterocycles. The third-order valence-electron chi connectivity index (χ3n) is 4.57. The second-order valence-electron chi connectivity index (χ2n) is 5.71. The summed E-state index contributed by atoms with van der Waals surface area (Å²) in [4.78, 5) is 5.03. The molecule has 0 radical (unpaired) electrons. The molecule has 2 aliphatic rings. The summed E-state index contributed by atoms with van der Waals surface area (Å²) in [5.74, 6) is 0. The van der Waals surface area contributed by atoms with E-state index in [0.717, 1.165) is 34.9 Å². The van der Waals surface area contributed by atoms with Crippen LogP contribution in [0, 0.1) is 11.3 Å². The Hall–Kier alpha value is -1.05. The van der Waals surface area contributed by atoms with Gasteiger partial charge in [0.15, 0.2) is 0 Å². The summed E-state index contributed by atoms with van der Waals surface area (Å²) in [5, 5.41) is 9.34. The molecule has 20 heavy (non-hydrogen) atoms. The van der Waals surface area contributed by atoms with E-state index in [2.05, 4.69) is 37.9 Å². The van der Waals surface area contributed by atoms with Crippen LogP contribution in [0.25, 0.3) is 0 Å². The molecule has 2 heterocycles. The van der Waals surface area contributed by atoms with Crippen molar-refractivity contribution in [2.24, 2.45) is 0 Å². The molecule has 0 saturated carbocycles. The maximum atomic E-state index is 9.34. The fourth-order valence-electron chi connectivity index (χ4n) is 3.47. The van der Waals surface area contributed by atoms with Gasteiger partial charge in [0.1, 0.15) is 6.07 Å². The van der Waals surface area contributed by atoms with E-state index in [1.807, 2.05) is 12.1 Å². The zero-order chi connectivity index (χ0) is 13.9. The van der Waals surface area contributed by atoms with Crippen molar-refractivity contribution in [3.63, 3.8) is 0 Å². The fourth-order valence-corrected chi connectivity index (χ4v) is 3.91. The molecule has 1 aromatic rings. The van der Waals surface area contributed by atoms with Crippen molar-refractivity contribution < 1.29 is 0 Å². The number of benzene rings is 1. The molecule has 0 amide bonds. The van der Waals surface area contributed by atoms with Crippen molar-refractivity contribution in [1.29, 1.82) is 5.26 Å². The predicted molar refractivity (Wildman–Crippen MR) is 84.9 cm³/mol. The van der Waals surface area contributed by atoms with E-state index in [4.69, 9.17) is 0 Å². The van der Waals surface area contributed by atoms with Gasteiger partial charge >= 0.3 is 0 Å². The number of halogens is 1. The number of piperidine rings is 1. The lowest BCUT2D eigenvalue weighted by Crippen LogP contribution is -2.44. The molecule has 0 N–H and O–H groups in total. The second kappa shape index (κ2) is 6.15. The molecule has 2 fully saturated rings. The number of likely N-dealkylation sites (tertiary alicyclic amines) is 1. The lowest BCUT2D eigenvalue weighted by atomic mass is 10.0. The van der Waals surface area contributed by atoms with Crippen molar-refractivity contribution in [3.8, 4) is 6.07 Å². The van der Waals surface area contributed by atoms with Crippen LogP contribution >= 0.6 is 15.9 Å². The summed E-state index contributed by atoms with van der Waals surface area (Å²) in [6, 6.07) is 9.12. The lowest BCUT2D eigenvalue weighted by Gasteiger charge is -2.38. The molecule has 0 aliphatic carbocycles.